The SMILES string of the molecule is Cl.O=C(Nc1cnc(-c2ccccc2)nc1)C1CC(O)CN1. The van der Waals surface area contributed by atoms with Crippen molar-refractivity contribution in [1.29, 1.82) is 0 Å². The van der Waals surface area contributed by atoms with Crippen LogP contribution in [0.25, 0.3) is 11.4 Å². The molecule has 2 heterocycles. The lowest BCUT2D eigenvalue weighted by Crippen LogP contribution is -2.35. The number of carbonyl (C=O) groups excluding carboxylic acids is 1. The van der Waals surface area contributed by atoms with E-state index in [4.69, 9.17) is 0 Å². The van der Waals surface area contributed by atoms with E-state index in [9.17, 15) is 9.90 Å². The van der Waals surface area contributed by atoms with Crippen LogP contribution in [-0.2, 0) is 4.79 Å². The van der Waals surface area contributed by atoms with E-state index in [1.54, 1.807) is 12.4 Å². The lowest BCUT2D eigenvalue weighted by atomic mass is 10.2. The minimum Gasteiger partial charge on any atom is -0.392 e. The van der Waals surface area contributed by atoms with Crippen molar-refractivity contribution >= 4 is 24.0 Å². The average molecular weight is 321 g/mol. The van der Waals surface area contributed by atoms with Gasteiger partial charge in [-0.15, -0.1) is 12.4 Å². The van der Waals surface area contributed by atoms with Gasteiger partial charge in [-0.3, -0.25) is 4.79 Å². The van der Waals surface area contributed by atoms with Crippen molar-refractivity contribution in [1.82, 2.24) is 15.3 Å². The summed E-state index contributed by atoms with van der Waals surface area (Å²) in [6.07, 6.45) is 3.13. The molecule has 0 bridgehead atoms. The number of hydrogen-bond donors (Lipinski definition) is 3. The lowest BCUT2D eigenvalue weighted by molar-refractivity contribution is -0.117. The van der Waals surface area contributed by atoms with Gasteiger partial charge >= 0.3 is 0 Å². The fourth-order valence-electron chi connectivity index (χ4n) is 2.28. The second-order valence-electron chi connectivity index (χ2n) is 5.00. The van der Waals surface area contributed by atoms with E-state index >= 15 is 0 Å². The first kappa shape index (κ1) is 16.4. The Morgan fingerprint density at radius 2 is 1.91 bits per heavy atom. The Kier molecular flexibility index (Phi) is 5.43. The molecule has 116 valence electrons. The summed E-state index contributed by atoms with van der Waals surface area (Å²) in [4.78, 5) is 20.5. The summed E-state index contributed by atoms with van der Waals surface area (Å²) in [5.41, 5.74) is 1.47. The van der Waals surface area contributed by atoms with Gasteiger partial charge in [0.05, 0.1) is 30.2 Å². The number of benzene rings is 1. The van der Waals surface area contributed by atoms with Gasteiger partial charge in [0.25, 0.3) is 0 Å². The van der Waals surface area contributed by atoms with Crippen LogP contribution in [0.15, 0.2) is 42.7 Å². The maximum absolute atomic E-state index is 12.0. The highest BCUT2D eigenvalue weighted by molar-refractivity contribution is 5.94. The Morgan fingerprint density at radius 3 is 2.50 bits per heavy atom. The third-order valence-electron chi connectivity index (χ3n) is 3.38. The van der Waals surface area contributed by atoms with Crippen LogP contribution in [-0.4, -0.2) is 39.7 Å². The summed E-state index contributed by atoms with van der Waals surface area (Å²) in [5.74, 6) is 0.436. The molecule has 2 unspecified atom stereocenters. The van der Waals surface area contributed by atoms with E-state index < -0.39 is 6.10 Å². The summed E-state index contributed by atoms with van der Waals surface area (Å²) in [6.45, 7) is 0.446. The molecule has 22 heavy (non-hydrogen) atoms. The molecule has 0 saturated carbocycles. The van der Waals surface area contributed by atoms with Crippen LogP contribution in [0, 0.1) is 0 Å². The Labute approximate surface area is 134 Å². The fraction of sp³-hybridized carbons (Fsp3) is 0.267. The Hall–Kier alpha value is -2.02. The van der Waals surface area contributed by atoms with Crippen molar-refractivity contribution in [2.24, 2.45) is 0 Å². The molecule has 3 N–H and O–H groups in total. The summed E-state index contributed by atoms with van der Waals surface area (Å²) >= 11 is 0. The minimum absolute atomic E-state index is 0. The fourth-order valence-corrected chi connectivity index (χ4v) is 2.28. The van der Waals surface area contributed by atoms with Crippen molar-refractivity contribution in [2.75, 3.05) is 11.9 Å². The predicted molar refractivity (Wildman–Crippen MR) is 85.8 cm³/mol. The van der Waals surface area contributed by atoms with Gasteiger partial charge in [0.15, 0.2) is 5.82 Å². The van der Waals surface area contributed by atoms with Crippen molar-refractivity contribution in [3.8, 4) is 11.4 Å². The maximum Gasteiger partial charge on any atom is 0.241 e. The predicted octanol–water partition coefficient (Wildman–Crippen LogP) is 1.23. The Balaban J connectivity index is 0.00000176. The van der Waals surface area contributed by atoms with Gasteiger partial charge in [-0.25, -0.2) is 9.97 Å². The van der Waals surface area contributed by atoms with Gasteiger partial charge < -0.3 is 15.7 Å². The zero-order chi connectivity index (χ0) is 14.7. The van der Waals surface area contributed by atoms with Crippen molar-refractivity contribution in [3.05, 3.63) is 42.7 Å². The molecular formula is C15H17ClN4O2. The number of nitrogens with zero attached hydrogens (tertiary/aromatic N) is 2. The van der Waals surface area contributed by atoms with Crippen LogP contribution in [0.2, 0.25) is 0 Å². The smallest absolute Gasteiger partial charge is 0.241 e. The van der Waals surface area contributed by atoms with E-state index in [0.29, 0.717) is 24.5 Å². The van der Waals surface area contributed by atoms with E-state index in [-0.39, 0.29) is 24.4 Å². The highest BCUT2D eigenvalue weighted by atomic mass is 35.5. The van der Waals surface area contributed by atoms with E-state index in [0.717, 1.165) is 5.56 Å². The maximum atomic E-state index is 12.0. The van der Waals surface area contributed by atoms with Gasteiger partial charge in [0.1, 0.15) is 0 Å². The molecular weight excluding hydrogens is 304 g/mol. The number of amides is 1. The van der Waals surface area contributed by atoms with Crippen LogP contribution >= 0.6 is 12.4 Å². The number of hydrogen-bond acceptors (Lipinski definition) is 5. The number of β-amino-alcohol motifs (C(OH)–C–C–N with tert-alkyl or cyclic N) is 1. The number of aliphatic hydroxyl groups excluding tert-OH is 1. The Morgan fingerprint density at radius 1 is 1.23 bits per heavy atom. The summed E-state index contributed by atoms with van der Waals surface area (Å²) in [5, 5.41) is 15.1. The standard InChI is InChI=1S/C15H16N4O2.ClH/c20-12-6-13(16-9-12)15(21)19-11-7-17-14(18-8-11)10-4-2-1-3-5-10;/h1-5,7-8,12-13,16,20H,6,9H2,(H,19,21);1H. The second-order valence-corrected chi connectivity index (χ2v) is 5.00. The molecule has 6 nitrogen and oxygen atoms in total. The monoisotopic (exact) mass is 320 g/mol. The molecule has 2 atom stereocenters. The third kappa shape index (κ3) is 3.79. The van der Waals surface area contributed by atoms with Gasteiger partial charge in [0.2, 0.25) is 5.91 Å². The number of rotatable bonds is 3. The second kappa shape index (κ2) is 7.31. The first-order chi connectivity index (χ1) is 10.2. The molecule has 1 amide bonds. The number of aliphatic hydroxyl groups is 1. The molecule has 2 aromatic rings. The number of nitrogens with one attached hydrogen (secondary N) is 2. The Bertz CT molecular complexity index is 621. The molecule has 0 aliphatic carbocycles. The molecule has 0 spiro atoms. The van der Waals surface area contributed by atoms with Crippen LogP contribution in [0.3, 0.4) is 0 Å². The molecule has 3 rings (SSSR count). The van der Waals surface area contributed by atoms with E-state index in [2.05, 4.69) is 20.6 Å². The molecule has 1 saturated heterocycles. The molecule has 7 heteroatoms. The molecule has 1 fully saturated rings. The molecule has 1 aromatic carbocycles. The minimum atomic E-state index is -0.461. The van der Waals surface area contributed by atoms with E-state index in [1.165, 1.54) is 0 Å². The zero-order valence-electron chi connectivity index (χ0n) is 11.8. The van der Waals surface area contributed by atoms with Crippen molar-refractivity contribution in [3.63, 3.8) is 0 Å². The number of aromatic nitrogens is 2. The summed E-state index contributed by atoms with van der Waals surface area (Å²) in [6, 6.07) is 9.26. The summed E-state index contributed by atoms with van der Waals surface area (Å²) in [7, 11) is 0. The van der Waals surface area contributed by atoms with Crippen LogP contribution in [0.1, 0.15) is 6.42 Å². The van der Waals surface area contributed by atoms with Crippen LogP contribution in [0.4, 0.5) is 5.69 Å². The molecule has 0 radical (unpaired) electrons. The van der Waals surface area contributed by atoms with Gasteiger partial charge in [-0.05, 0) is 6.42 Å². The van der Waals surface area contributed by atoms with E-state index in [1.807, 2.05) is 30.3 Å². The first-order valence-electron chi connectivity index (χ1n) is 6.82. The molecule has 1 aromatic heterocycles. The zero-order valence-corrected chi connectivity index (χ0v) is 12.6. The number of halogens is 1. The molecule has 1 aliphatic heterocycles. The third-order valence-corrected chi connectivity index (χ3v) is 3.38. The highest BCUT2D eigenvalue weighted by Gasteiger charge is 2.28. The topological polar surface area (TPSA) is 87.1 Å². The molecule has 1 aliphatic rings. The quantitative estimate of drug-likeness (QED) is 0.791. The van der Waals surface area contributed by atoms with Crippen molar-refractivity contribution < 1.29 is 9.90 Å². The largest absolute Gasteiger partial charge is 0.392 e. The average Bonchev–Trinajstić information content (AvgIpc) is 2.96. The van der Waals surface area contributed by atoms with Gasteiger partial charge in [-0.2, -0.15) is 0 Å². The number of carbonyl (C=O) groups is 1. The normalized spacial score (nSPS) is 20.2. The first-order valence-corrected chi connectivity index (χ1v) is 6.82. The lowest BCUT2D eigenvalue weighted by Gasteiger charge is -2.10. The summed E-state index contributed by atoms with van der Waals surface area (Å²) < 4.78 is 0. The highest BCUT2D eigenvalue weighted by Crippen LogP contribution is 2.15. The van der Waals surface area contributed by atoms with Crippen LogP contribution < -0.4 is 10.6 Å². The number of anilines is 1. The van der Waals surface area contributed by atoms with Crippen molar-refractivity contribution in [2.45, 2.75) is 18.6 Å². The van der Waals surface area contributed by atoms with Gasteiger partial charge in [-0.1, -0.05) is 30.3 Å². The van der Waals surface area contributed by atoms with Crippen LogP contribution in [0.5, 0.6) is 0 Å². The van der Waals surface area contributed by atoms with Gasteiger partial charge in [0, 0.05) is 12.1 Å².